The Kier molecular flexibility index (Phi) is 4.72. The van der Waals surface area contributed by atoms with Gasteiger partial charge in [-0.05, 0) is 48.2 Å². The van der Waals surface area contributed by atoms with Gasteiger partial charge in [-0.1, -0.05) is 12.1 Å². The summed E-state index contributed by atoms with van der Waals surface area (Å²) in [5, 5.41) is 22.7. The van der Waals surface area contributed by atoms with Crippen molar-refractivity contribution in [2.24, 2.45) is 0 Å². The molecule has 0 spiro atoms. The third kappa shape index (κ3) is 3.28. The van der Waals surface area contributed by atoms with Crippen molar-refractivity contribution in [3.8, 4) is 22.9 Å². The number of nitrogens with zero attached hydrogens (tertiary/aromatic N) is 2. The van der Waals surface area contributed by atoms with Crippen molar-refractivity contribution in [3.63, 3.8) is 0 Å². The minimum atomic E-state index is -0.959. The maximum Gasteiger partial charge on any atom is 0.325 e. The molecule has 3 aromatic rings. The molecule has 0 radical (unpaired) electrons. The van der Waals surface area contributed by atoms with Crippen LogP contribution in [0.2, 0.25) is 0 Å². The van der Waals surface area contributed by atoms with E-state index in [0.717, 1.165) is 21.9 Å². The van der Waals surface area contributed by atoms with Gasteiger partial charge >= 0.3 is 5.97 Å². The second kappa shape index (κ2) is 7.11. The van der Waals surface area contributed by atoms with Crippen LogP contribution in [-0.4, -0.2) is 29.2 Å². The first-order chi connectivity index (χ1) is 12.5. The molecule has 0 amide bonds. The summed E-state index contributed by atoms with van der Waals surface area (Å²) in [6.07, 6.45) is 1.70. The number of methoxy groups -OCH3 is 1. The highest BCUT2D eigenvalue weighted by Crippen LogP contribution is 2.34. The van der Waals surface area contributed by atoms with Gasteiger partial charge in [0.15, 0.2) is 0 Å². The van der Waals surface area contributed by atoms with Crippen LogP contribution >= 0.6 is 0 Å². The Balaban J connectivity index is 2.16. The topological polar surface area (TPSA) is 95.2 Å². The molecule has 1 unspecified atom stereocenters. The molecule has 6 heteroatoms. The molecule has 0 aliphatic carbocycles. The summed E-state index contributed by atoms with van der Waals surface area (Å²) in [4.78, 5) is 15.6. The number of fused-ring (bicyclic) bond motifs is 1. The molecular formula is C20H17N3O3. The highest BCUT2D eigenvalue weighted by atomic mass is 16.5. The van der Waals surface area contributed by atoms with E-state index in [2.05, 4.69) is 16.4 Å². The largest absolute Gasteiger partial charge is 0.497 e. The lowest BCUT2D eigenvalue weighted by atomic mass is 9.99. The van der Waals surface area contributed by atoms with E-state index in [1.807, 2.05) is 30.3 Å². The maximum atomic E-state index is 11.2. The average molecular weight is 347 g/mol. The number of hydrogen-bond acceptors (Lipinski definition) is 5. The van der Waals surface area contributed by atoms with E-state index in [0.29, 0.717) is 17.1 Å². The second-order valence-electron chi connectivity index (χ2n) is 5.83. The molecule has 0 saturated heterocycles. The van der Waals surface area contributed by atoms with Gasteiger partial charge in [-0.3, -0.25) is 4.79 Å². The highest BCUT2D eigenvalue weighted by molar-refractivity contribution is 6.03. The van der Waals surface area contributed by atoms with Crippen molar-refractivity contribution < 1.29 is 14.6 Å². The lowest BCUT2D eigenvalue weighted by molar-refractivity contribution is -0.137. The Morgan fingerprint density at radius 1 is 1.23 bits per heavy atom. The van der Waals surface area contributed by atoms with E-state index in [1.54, 1.807) is 32.4 Å². The van der Waals surface area contributed by atoms with Crippen LogP contribution in [0, 0.1) is 11.3 Å². The number of ether oxygens (including phenoxy) is 1. The predicted molar refractivity (Wildman–Crippen MR) is 99.2 cm³/mol. The second-order valence-corrected chi connectivity index (χ2v) is 5.83. The minimum Gasteiger partial charge on any atom is -0.497 e. The van der Waals surface area contributed by atoms with E-state index in [-0.39, 0.29) is 0 Å². The smallest absolute Gasteiger partial charge is 0.325 e. The lowest BCUT2D eigenvalue weighted by Crippen LogP contribution is -2.26. The number of nitriles is 1. The number of carboxylic acid groups (broad SMARTS) is 1. The fourth-order valence-electron chi connectivity index (χ4n) is 2.69. The van der Waals surface area contributed by atoms with E-state index in [4.69, 9.17) is 15.1 Å². The van der Waals surface area contributed by atoms with Crippen LogP contribution < -0.4 is 10.1 Å². The van der Waals surface area contributed by atoms with Gasteiger partial charge in [0.1, 0.15) is 17.6 Å². The van der Waals surface area contributed by atoms with Gasteiger partial charge in [0.25, 0.3) is 0 Å². The quantitative estimate of drug-likeness (QED) is 0.731. The number of anilines is 1. The predicted octanol–water partition coefficient (Wildman–Crippen LogP) is 3.67. The first-order valence-corrected chi connectivity index (χ1v) is 8.00. The Morgan fingerprint density at radius 2 is 1.96 bits per heavy atom. The number of carboxylic acids is 1. The van der Waals surface area contributed by atoms with Crippen molar-refractivity contribution in [1.29, 1.82) is 5.26 Å². The van der Waals surface area contributed by atoms with Crippen LogP contribution in [0.1, 0.15) is 12.5 Å². The van der Waals surface area contributed by atoms with Gasteiger partial charge in [0, 0.05) is 17.1 Å². The fraction of sp³-hybridized carbons (Fsp3) is 0.150. The Morgan fingerprint density at radius 3 is 2.58 bits per heavy atom. The number of benzene rings is 2. The monoisotopic (exact) mass is 347 g/mol. The standard InChI is InChI=1S/C20H17N3O3/c1-12(20(24)25)23-19-17-9-15(26-2)7-8-16(17)18(11-22-19)14-5-3-13(10-21)4-6-14/h3-9,11-12H,1-2H3,(H,22,23)(H,24,25). The summed E-state index contributed by atoms with van der Waals surface area (Å²) in [6, 6.07) is 14.2. The molecule has 1 heterocycles. The number of hydrogen-bond donors (Lipinski definition) is 2. The minimum absolute atomic E-state index is 0.478. The van der Waals surface area contributed by atoms with Gasteiger partial charge in [0.2, 0.25) is 0 Å². The maximum absolute atomic E-state index is 11.2. The van der Waals surface area contributed by atoms with Gasteiger partial charge < -0.3 is 15.2 Å². The summed E-state index contributed by atoms with van der Waals surface area (Å²) < 4.78 is 5.30. The van der Waals surface area contributed by atoms with Crippen LogP contribution in [0.5, 0.6) is 5.75 Å². The molecule has 1 atom stereocenters. The fourth-order valence-corrected chi connectivity index (χ4v) is 2.69. The third-order valence-electron chi connectivity index (χ3n) is 4.14. The van der Waals surface area contributed by atoms with Crippen molar-refractivity contribution in [3.05, 3.63) is 54.2 Å². The molecular weight excluding hydrogens is 330 g/mol. The molecule has 26 heavy (non-hydrogen) atoms. The molecule has 1 aromatic heterocycles. The van der Waals surface area contributed by atoms with E-state index in [9.17, 15) is 4.79 Å². The van der Waals surface area contributed by atoms with Crippen molar-refractivity contribution >= 4 is 22.6 Å². The molecule has 3 rings (SSSR count). The van der Waals surface area contributed by atoms with Gasteiger partial charge in [-0.15, -0.1) is 0 Å². The number of aromatic nitrogens is 1. The third-order valence-corrected chi connectivity index (χ3v) is 4.14. The SMILES string of the molecule is COc1ccc2c(-c3ccc(C#N)cc3)cnc(NC(C)C(=O)O)c2c1. The summed E-state index contributed by atoms with van der Waals surface area (Å²) in [5.41, 5.74) is 2.39. The molecule has 2 aromatic carbocycles. The number of rotatable bonds is 5. The molecule has 0 aliphatic rings. The van der Waals surface area contributed by atoms with E-state index in [1.165, 1.54) is 0 Å². The van der Waals surface area contributed by atoms with Gasteiger partial charge in [-0.25, -0.2) is 4.98 Å². The van der Waals surface area contributed by atoms with Crippen molar-refractivity contribution in [2.45, 2.75) is 13.0 Å². The number of nitrogens with one attached hydrogen (secondary N) is 1. The number of aliphatic carboxylic acids is 1. The first kappa shape index (κ1) is 17.2. The zero-order chi connectivity index (χ0) is 18.7. The zero-order valence-corrected chi connectivity index (χ0v) is 14.4. The van der Waals surface area contributed by atoms with Gasteiger partial charge in [0.05, 0.1) is 18.7 Å². The molecule has 0 aliphatic heterocycles. The average Bonchev–Trinajstić information content (AvgIpc) is 2.67. The molecule has 0 fully saturated rings. The summed E-state index contributed by atoms with van der Waals surface area (Å²) >= 11 is 0. The highest BCUT2D eigenvalue weighted by Gasteiger charge is 2.15. The molecule has 0 saturated carbocycles. The Bertz CT molecular complexity index is 1010. The molecule has 0 bridgehead atoms. The summed E-state index contributed by atoms with van der Waals surface area (Å²) in [6.45, 7) is 1.56. The molecule has 6 nitrogen and oxygen atoms in total. The normalized spacial score (nSPS) is 11.6. The van der Waals surface area contributed by atoms with Crippen molar-refractivity contribution in [1.82, 2.24) is 4.98 Å². The Hall–Kier alpha value is -3.59. The number of carbonyl (C=O) groups is 1. The molecule has 130 valence electrons. The number of pyridine rings is 1. The van der Waals surface area contributed by atoms with Gasteiger partial charge in [-0.2, -0.15) is 5.26 Å². The van der Waals surface area contributed by atoms with E-state index >= 15 is 0 Å². The van der Waals surface area contributed by atoms with E-state index < -0.39 is 12.0 Å². The van der Waals surface area contributed by atoms with Crippen molar-refractivity contribution in [2.75, 3.05) is 12.4 Å². The van der Waals surface area contributed by atoms with Crippen LogP contribution in [-0.2, 0) is 4.79 Å². The zero-order valence-electron chi connectivity index (χ0n) is 14.4. The van der Waals surface area contributed by atoms with Crippen LogP contribution in [0.25, 0.3) is 21.9 Å². The Labute approximate surface area is 150 Å². The molecule has 2 N–H and O–H groups in total. The lowest BCUT2D eigenvalue weighted by Gasteiger charge is -2.15. The van der Waals surface area contributed by atoms with Crippen LogP contribution in [0.15, 0.2) is 48.7 Å². The van der Waals surface area contributed by atoms with Crippen LogP contribution in [0.4, 0.5) is 5.82 Å². The first-order valence-electron chi connectivity index (χ1n) is 8.00. The van der Waals surface area contributed by atoms with Crippen LogP contribution in [0.3, 0.4) is 0 Å². The summed E-state index contributed by atoms with van der Waals surface area (Å²) in [5.74, 6) is 0.174. The summed E-state index contributed by atoms with van der Waals surface area (Å²) in [7, 11) is 1.58.